The van der Waals surface area contributed by atoms with Crippen molar-refractivity contribution in [3.63, 3.8) is 0 Å². The van der Waals surface area contributed by atoms with Gasteiger partial charge in [0.15, 0.2) is 0 Å². The Kier molecular flexibility index (Phi) is 5.58. The molecule has 0 saturated carbocycles. The third kappa shape index (κ3) is 4.01. The summed E-state index contributed by atoms with van der Waals surface area (Å²) >= 11 is 6.05. The van der Waals surface area contributed by atoms with E-state index in [1.807, 2.05) is 49.4 Å². The number of benzene rings is 2. The molecule has 1 aromatic heterocycles. The molecule has 0 saturated heterocycles. The summed E-state index contributed by atoms with van der Waals surface area (Å²) in [7, 11) is 1.60. The lowest BCUT2D eigenvalue weighted by atomic mass is 10.1. The maximum Gasteiger partial charge on any atom is 0.276 e. The van der Waals surface area contributed by atoms with Gasteiger partial charge in [-0.2, -0.15) is 0 Å². The van der Waals surface area contributed by atoms with E-state index >= 15 is 0 Å². The highest BCUT2D eigenvalue weighted by Crippen LogP contribution is 2.30. The molecular formula is C23H24ClN3O2. The Bertz CT molecular complexity index is 1040. The molecule has 29 heavy (non-hydrogen) atoms. The molecule has 0 unspecified atom stereocenters. The number of methoxy groups -OCH3 is 1. The quantitative estimate of drug-likeness (QED) is 0.619. The minimum Gasteiger partial charge on any atom is -0.495 e. The summed E-state index contributed by atoms with van der Waals surface area (Å²) in [5, 5.41) is 3.68. The van der Waals surface area contributed by atoms with Crippen molar-refractivity contribution in [1.29, 1.82) is 0 Å². The smallest absolute Gasteiger partial charge is 0.276 e. The fourth-order valence-corrected chi connectivity index (χ4v) is 3.95. The van der Waals surface area contributed by atoms with Crippen LogP contribution in [-0.2, 0) is 13.0 Å². The molecule has 0 fully saturated rings. The van der Waals surface area contributed by atoms with Crippen LogP contribution in [0, 0.1) is 6.92 Å². The molecule has 2 heterocycles. The minimum absolute atomic E-state index is 0.209. The number of fused-ring (bicyclic) bond motifs is 1. The Labute approximate surface area is 175 Å². The summed E-state index contributed by atoms with van der Waals surface area (Å²) in [6, 6.07) is 13.3. The highest BCUT2D eigenvalue weighted by molar-refractivity contribution is 6.30. The summed E-state index contributed by atoms with van der Waals surface area (Å²) in [5.74, 6) is 1.24. The minimum atomic E-state index is -0.209. The Morgan fingerprint density at radius 2 is 1.93 bits per heavy atom. The predicted molar refractivity (Wildman–Crippen MR) is 116 cm³/mol. The molecule has 6 heteroatoms. The lowest BCUT2D eigenvalue weighted by Crippen LogP contribution is -2.16. The van der Waals surface area contributed by atoms with E-state index in [4.69, 9.17) is 21.3 Å². The highest BCUT2D eigenvalue weighted by atomic mass is 35.5. The molecule has 0 aliphatic carbocycles. The Balaban J connectivity index is 1.74. The van der Waals surface area contributed by atoms with Crippen LogP contribution in [0.5, 0.6) is 5.75 Å². The first-order valence-electron chi connectivity index (χ1n) is 9.88. The number of imidazole rings is 1. The first-order chi connectivity index (χ1) is 14.1. The van der Waals surface area contributed by atoms with Gasteiger partial charge in [0.2, 0.25) is 0 Å². The van der Waals surface area contributed by atoms with Crippen molar-refractivity contribution in [2.75, 3.05) is 12.4 Å². The number of hydrogen-bond donors (Lipinski definition) is 1. The predicted octanol–water partition coefficient (Wildman–Crippen LogP) is 5.50. The van der Waals surface area contributed by atoms with E-state index in [-0.39, 0.29) is 5.91 Å². The van der Waals surface area contributed by atoms with E-state index in [2.05, 4.69) is 9.88 Å². The number of ether oxygens (including phenoxy) is 1. The van der Waals surface area contributed by atoms with Gasteiger partial charge in [0, 0.05) is 17.1 Å². The third-order valence-corrected chi connectivity index (χ3v) is 5.54. The second-order valence-corrected chi connectivity index (χ2v) is 7.79. The number of carbonyl (C=O) groups excluding carboxylic acids is 1. The number of aromatic nitrogens is 2. The number of nitrogens with one attached hydrogen (secondary N) is 1. The van der Waals surface area contributed by atoms with Crippen LogP contribution in [-0.4, -0.2) is 22.6 Å². The normalized spacial score (nSPS) is 13.5. The fourth-order valence-electron chi connectivity index (χ4n) is 3.82. The number of rotatable bonds is 4. The standard InChI is InChI=1S/C23H24ClN3O2/c1-15-7-12-20(29-2)18(14-15)25-23(28)21-19-6-4-3-5-13-27(19)22(26-21)16-8-10-17(24)11-9-16/h7-12,14H,3-6,13H2,1-2H3,(H,25,28). The number of halogens is 1. The molecule has 0 bridgehead atoms. The number of aryl methyl sites for hydroxylation is 1. The zero-order chi connectivity index (χ0) is 20.4. The first kappa shape index (κ1) is 19.5. The van der Waals surface area contributed by atoms with Crippen LogP contribution in [0.4, 0.5) is 5.69 Å². The van der Waals surface area contributed by atoms with Crippen molar-refractivity contribution in [2.45, 2.75) is 39.2 Å². The van der Waals surface area contributed by atoms with E-state index in [0.717, 1.165) is 54.9 Å². The van der Waals surface area contributed by atoms with Crippen molar-refractivity contribution in [1.82, 2.24) is 9.55 Å². The fraction of sp³-hybridized carbons (Fsp3) is 0.304. The average Bonchev–Trinajstić information content (AvgIpc) is 2.90. The SMILES string of the molecule is COc1ccc(C)cc1NC(=O)c1nc(-c2ccc(Cl)cc2)n2c1CCCCC2. The van der Waals surface area contributed by atoms with Crippen LogP contribution < -0.4 is 10.1 Å². The topological polar surface area (TPSA) is 56.1 Å². The molecule has 1 aliphatic rings. The van der Waals surface area contributed by atoms with E-state index in [9.17, 15) is 4.79 Å². The van der Waals surface area contributed by atoms with E-state index < -0.39 is 0 Å². The Hall–Kier alpha value is -2.79. The van der Waals surface area contributed by atoms with Crippen LogP contribution in [0.15, 0.2) is 42.5 Å². The van der Waals surface area contributed by atoms with Gasteiger partial charge >= 0.3 is 0 Å². The summed E-state index contributed by atoms with van der Waals surface area (Å²) in [6.45, 7) is 2.84. The maximum atomic E-state index is 13.2. The van der Waals surface area contributed by atoms with Crippen LogP contribution >= 0.6 is 11.6 Å². The summed E-state index contributed by atoms with van der Waals surface area (Å²) in [4.78, 5) is 18.0. The number of anilines is 1. The van der Waals surface area contributed by atoms with Crippen LogP contribution in [0.3, 0.4) is 0 Å². The number of hydrogen-bond acceptors (Lipinski definition) is 3. The molecule has 4 rings (SSSR count). The van der Waals surface area contributed by atoms with Gasteiger partial charge in [0.1, 0.15) is 17.3 Å². The van der Waals surface area contributed by atoms with Gasteiger partial charge in [-0.25, -0.2) is 4.98 Å². The van der Waals surface area contributed by atoms with Crippen molar-refractivity contribution in [2.24, 2.45) is 0 Å². The first-order valence-corrected chi connectivity index (χ1v) is 10.3. The molecule has 1 N–H and O–H groups in total. The zero-order valence-electron chi connectivity index (χ0n) is 16.7. The van der Waals surface area contributed by atoms with E-state index in [0.29, 0.717) is 22.2 Å². The van der Waals surface area contributed by atoms with Crippen LogP contribution in [0.25, 0.3) is 11.4 Å². The summed E-state index contributed by atoms with van der Waals surface area (Å²) < 4.78 is 7.60. The van der Waals surface area contributed by atoms with Crippen molar-refractivity contribution < 1.29 is 9.53 Å². The lowest BCUT2D eigenvalue weighted by Gasteiger charge is -2.11. The van der Waals surface area contributed by atoms with Gasteiger partial charge in [0.25, 0.3) is 5.91 Å². The largest absolute Gasteiger partial charge is 0.495 e. The van der Waals surface area contributed by atoms with Crippen molar-refractivity contribution >= 4 is 23.2 Å². The molecule has 3 aromatic rings. The Morgan fingerprint density at radius 3 is 2.69 bits per heavy atom. The second-order valence-electron chi connectivity index (χ2n) is 7.36. The molecule has 1 aliphatic heterocycles. The molecular weight excluding hydrogens is 386 g/mol. The third-order valence-electron chi connectivity index (χ3n) is 5.29. The van der Waals surface area contributed by atoms with Gasteiger partial charge in [-0.05, 0) is 68.1 Å². The van der Waals surface area contributed by atoms with Gasteiger partial charge in [0.05, 0.1) is 18.5 Å². The van der Waals surface area contributed by atoms with Gasteiger partial charge in [-0.1, -0.05) is 24.1 Å². The maximum absolute atomic E-state index is 13.2. The van der Waals surface area contributed by atoms with Crippen molar-refractivity contribution in [3.05, 3.63) is 64.4 Å². The molecule has 0 spiro atoms. The Morgan fingerprint density at radius 1 is 1.14 bits per heavy atom. The monoisotopic (exact) mass is 409 g/mol. The summed E-state index contributed by atoms with van der Waals surface area (Å²) in [6.07, 6.45) is 4.12. The van der Waals surface area contributed by atoms with E-state index in [1.54, 1.807) is 7.11 Å². The molecule has 0 radical (unpaired) electrons. The van der Waals surface area contributed by atoms with E-state index in [1.165, 1.54) is 0 Å². The molecule has 150 valence electrons. The van der Waals surface area contributed by atoms with Gasteiger partial charge < -0.3 is 14.6 Å². The average molecular weight is 410 g/mol. The lowest BCUT2D eigenvalue weighted by molar-refractivity contribution is 0.102. The number of nitrogens with zero attached hydrogens (tertiary/aromatic N) is 2. The highest BCUT2D eigenvalue weighted by Gasteiger charge is 2.25. The zero-order valence-corrected chi connectivity index (χ0v) is 17.4. The molecule has 5 nitrogen and oxygen atoms in total. The molecule has 2 aromatic carbocycles. The van der Waals surface area contributed by atoms with Gasteiger partial charge in [-0.15, -0.1) is 0 Å². The van der Waals surface area contributed by atoms with Crippen LogP contribution in [0.1, 0.15) is 41.0 Å². The van der Waals surface area contributed by atoms with Crippen molar-refractivity contribution in [3.8, 4) is 17.1 Å². The molecule has 0 atom stereocenters. The van der Waals surface area contributed by atoms with Crippen LogP contribution in [0.2, 0.25) is 5.02 Å². The second kappa shape index (κ2) is 8.29. The van der Waals surface area contributed by atoms with Gasteiger partial charge in [-0.3, -0.25) is 4.79 Å². The number of amides is 1. The molecule has 1 amide bonds. The number of carbonyl (C=O) groups is 1. The summed E-state index contributed by atoms with van der Waals surface area (Å²) in [5.41, 5.74) is 4.15.